The second-order valence-electron chi connectivity index (χ2n) is 3.63. The molecule has 1 aliphatic rings. The Morgan fingerprint density at radius 1 is 1.47 bits per heavy atom. The molecule has 0 spiro atoms. The van der Waals surface area contributed by atoms with Crippen molar-refractivity contribution in [1.29, 1.82) is 0 Å². The predicted octanol–water partition coefficient (Wildman–Crippen LogP) is 0.0750. The van der Waals surface area contributed by atoms with Gasteiger partial charge in [0.05, 0.1) is 0 Å². The number of rotatable bonds is 5. The summed E-state index contributed by atoms with van der Waals surface area (Å²) in [6, 6.07) is -0.945. The maximum Gasteiger partial charge on any atom is 0.322 e. The first kappa shape index (κ1) is 14.7. The number of hydrogen-bond acceptors (Lipinski definition) is 4. The molecule has 8 heteroatoms. The number of carboxylic acids is 1. The molecule has 1 unspecified atom stereocenters. The van der Waals surface area contributed by atoms with Crippen molar-refractivity contribution >= 4 is 27.9 Å². The zero-order valence-corrected chi connectivity index (χ0v) is 11.6. The number of aliphatic carboxylic acids is 1. The first-order chi connectivity index (χ1) is 7.95. The van der Waals surface area contributed by atoms with Gasteiger partial charge in [-0.15, -0.1) is 0 Å². The summed E-state index contributed by atoms with van der Waals surface area (Å²) in [5.74, 6) is -0.118. The largest absolute Gasteiger partial charge is 0.480 e. The molecule has 100 valence electrons. The van der Waals surface area contributed by atoms with E-state index in [9.17, 15) is 13.2 Å². The summed E-state index contributed by atoms with van der Waals surface area (Å²) < 4.78 is 26.9. The van der Waals surface area contributed by atoms with Crippen LogP contribution in [0, 0.1) is 0 Å². The Hall–Kier alpha value is -0.310. The zero-order chi connectivity index (χ0) is 13.1. The maximum atomic E-state index is 12.2. The van der Waals surface area contributed by atoms with Gasteiger partial charge in [-0.25, -0.2) is 0 Å². The van der Waals surface area contributed by atoms with E-state index in [0.717, 1.165) is 4.31 Å². The molecular formula is C9H18N2O4S2. The molecule has 1 aliphatic heterocycles. The number of nitrogens with zero attached hydrogens (tertiary/aromatic N) is 2. The summed E-state index contributed by atoms with van der Waals surface area (Å²) in [4.78, 5) is 11.1. The third kappa shape index (κ3) is 3.12. The summed E-state index contributed by atoms with van der Waals surface area (Å²) in [7, 11) is -3.65. The van der Waals surface area contributed by atoms with E-state index < -0.39 is 22.2 Å². The van der Waals surface area contributed by atoms with Crippen LogP contribution in [0.5, 0.6) is 0 Å². The summed E-state index contributed by atoms with van der Waals surface area (Å²) in [6.45, 7) is 4.47. The van der Waals surface area contributed by atoms with Gasteiger partial charge in [-0.3, -0.25) is 4.79 Å². The van der Waals surface area contributed by atoms with Crippen molar-refractivity contribution < 1.29 is 18.3 Å². The fourth-order valence-corrected chi connectivity index (χ4v) is 4.76. The van der Waals surface area contributed by atoms with E-state index in [1.54, 1.807) is 13.8 Å². The van der Waals surface area contributed by atoms with Gasteiger partial charge in [-0.2, -0.15) is 28.8 Å². The monoisotopic (exact) mass is 282 g/mol. The molecule has 0 amide bonds. The molecule has 1 N–H and O–H groups in total. The Bertz CT molecular complexity index is 367. The molecule has 0 saturated carbocycles. The van der Waals surface area contributed by atoms with Crippen molar-refractivity contribution in [1.82, 2.24) is 8.61 Å². The smallest absolute Gasteiger partial charge is 0.322 e. The molecule has 1 rings (SSSR count). The third-order valence-corrected chi connectivity index (χ3v) is 5.91. The summed E-state index contributed by atoms with van der Waals surface area (Å²) >= 11 is 1.47. The van der Waals surface area contributed by atoms with Gasteiger partial charge in [0, 0.05) is 31.1 Å². The van der Waals surface area contributed by atoms with Gasteiger partial charge in [0.2, 0.25) is 0 Å². The van der Waals surface area contributed by atoms with Crippen LogP contribution in [0.3, 0.4) is 0 Å². The minimum absolute atomic E-state index is 0.264. The highest BCUT2D eigenvalue weighted by atomic mass is 32.2. The average Bonchev–Trinajstić information content (AvgIpc) is 2.30. The van der Waals surface area contributed by atoms with E-state index in [-0.39, 0.29) is 6.54 Å². The van der Waals surface area contributed by atoms with Crippen molar-refractivity contribution in [3.05, 3.63) is 0 Å². The van der Waals surface area contributed by atoms with Crippen LogP contribution in [0.15, 0.2) is 0 Å². The quantitative estimate of drug-likeness (QED) is 0.772. The lowest BCUT2D eigenvalue weighted by atomic mass is 10.3. The standard InChI is InChI=1S/C9H18N2O4S2/c1-3-10(4-2)17(14,15)11-5-6-16-7-8(11)9(12)13/h8H,3-7H2,1-2H3,(H,12,13). The van der Waals surface area contributed by atoms with Crippen LogP contribution in [0.1, 0.15) is 13.8 Å². The molecule has 0 aromatic carbocycles. The third-order valence-electron chi connectivity index (χ3n) is 2.69. The molecular weight excluding hydrogens is 264 g/mol. The molecule has 0 aromatic heterocycles. The van der Waals surface area contributed by atoms with Crippen LogP contribution in [0.25, 0.3) is 0 Å². The highest BCUT2D eigenvalue weighted by Crippen LogP contribution is 2.22. The normalized spacial score (nSPS) is 22.9. The lowest BCUT2D eigenvalue weighted by molar-refractivity contribution is -0.140. The van der Waals surface area contributed by atoms with E-state index in [1.165, 1.54) is 16.1 Å². The van der Waals surface area contributed by atoms with Crippen LogP contribution < -0.4 is 0 Å². The number of carboxylic acid groups (broad SMARTS) is 1. The van der Waals surface area contributed by atoms with Crippen LogP contribution in [-0.2, 0) is 15.0 Å². The van der Waals surface area contributed by atoms with E-state index >= 15 is 0 Å². The van der Waals surface area contributed by atoms with E-state index in [1.807, 2.05) is 0 Å². The van der Waals surface area contributed by atoms with Crippen molar-refractivity contribution in [3.63, 3.8) is 0 Å². The van der Waals surface area contributed by atoms with Crippen LogP contribution in [0.2, 0.25) is 0 Å². The molecule has 0 aromatic rings. The molecule has 1 fully saturated rings. The molecule has 0 bridgehead atoms. The van der Waals surface area contributed by atoms with Crippen LogP contribution in [0.4, 0.5) is 0 Å². The van der Waals surface area contributed by atoms with Crippen molar-refractivity contribution in [2.24, 2.45) is 0 Å². The zero-order valence-electron chi connectivity index (χ0n) is 10.00. The lowest BCUT2D eigenvalue weighted by Gasteiger charge is -2.34. The van der Waals surface area contributed by atoms with Gasteiger partial charge in [0.15, 0.2) is 0 Å². The fraction of sp³-hybridized carbons (Fsp3) is 0.889. The number of thioether (sulfide) groups is 1. The Balaban J connectivity index is 2.98. The minimum Gasteiger partial charge on any atom is -0.480 e. The Labute approximate surface area is 106 Å². The first-order valence-electron chi connectivity index (χ1n) is 5.52. The van der Waals surface area contributed by atoms with Crippen molar-refractivity contribution in [2.75, 3.05) is 31.1 Å². The Kier molecular flexibility index (Phi) is 5.23. The molecule has 0 aliphatic carbocycles. The highest BCUT2D eigenvalue weighted by molar-refractivity contribution is 7.99. The molecule has 0 radical (unpaired) electrons. The second kappa shape index (κ2) is 6.03. The van der Waals surface area contributed by atoms with Gasteiger partial charge in [-0.05, 0) is 0 Å². The van der Waals surface area contributed by atoms with Crippen LogP contribution >= 0.6 is 11.8 Å². The lowest BCUT2D eigenvalue weighted by Crippen LogP contribution is -2.54. The van der Waals surface area contributed by atoms with Gasteiger partial charge in [0.1, 0.15) is 6.04 Å². The number of carbonyl (C=O) groups is 1. The average molecular weight is 282 g/mol. The molecule has 1 saturated heterocycles. The molecule has 6 nitrogen and oxygen atoms in total. The predicted molar refractivity (Wildman–Crippen MR) is 67.3 cm³/mol. The molecule has 1 heterocycles. The van der Waals surface area contributed by atoms with Gasteiger partial charge in [0.25, 0.3) is 10.2 Å². The first-order valence-corrected chi connectivity index (χ1v) is 8.07. The number of hydrogen-bond donors (Lipinski definition) is 1. The van der Waals surface area contributed by atoms with Crippen molar-refractivity contribution in [2.45, 2.75) is 19.9 Å². The van der Waals surface area contributed by atoms with E-state index in [2.05, 4.69) is 0 Å². The van der Waals surface area contributed by atoms with Crippen molar-refractivity contribution in [3.8, 4) is 0 Å². The fourth-order valence-electron chi connectivity index (χ4n) is 1.76. The maximum absolute atomic E-state index is 12.2. The molecule has 17 heavy (non-hydrogen) atoms. The highest BCUT2D eigenvalue weighted by Gasteiger charge is 2.39. The summed E-state index contributed by atoms with van der Waals surface area (Å²) in [5.41, 5.74) is 0. The minimum atomic E-state index is -3.65. The summed E-state index contributed by atoms with van der Waals surface area (Å²) in [6.07, 6.45) is 0. The van der Waals surface area contributed by atoms with Gasteiger partial charge in [-0.1, -0.05) is 13.8 Å². The van der Waals surface area contributed by atoms with E-state index in [4.69, 9.17) is 5.11 Å². The topological polar surface area (TPSA) is 77.9 Å². The van der Waals surface area contributed by atoms with Crippen LogP contribution in [-0.4, -0.2) is 65.3 Å². The summed E-state index contributed by atoms with van der Waals surface area (Å²) in [5, 5.41) is 9.06. The second-order valence-corrected chi connectivity index (χ2v) is 6.66. The molecule has 1 atom stereocenters. The Morgan fingerprint density at radius 2 is 2.06 bits per heavy atom. The van der Waals surface area contributed by atoms with Gasteiger partial charge >= 0.3 is 5.97 Å². The Morgan fingerprint density at radius 3 is 2.53 bits per heavy atom. The SMILES string of the molecule is CCN(CC)S(=O)(=O)N1CCSCC1C(=O)O. The van der Waals surface area contributed by atoms with Gasteiger partial charge < -0.3 is 5.11 Å². The van der Waals surface area contributed by atoms with E-state index in [0.29, 0.717) is 24.6 Å².